The van der Waals surface area contributed by atoms with Crippen molar-refractivity contribution in [3.05, 3.63) is 0 Å². The lowest BCUT2D eigenvalue weighted by Crippen LogP contribution is -2.36. The summed E-state index contributed by atoms with van der Waals surface area (Å²) >= 11 is 0. The van der Waals surface area contributed by atoms with Crippen LogP contribution in [0, 0.1) is 0 Å². The van der Waals surface area contributed by atoms with E-state index in [4.69, 9.17) is 5.11 Å². The Morgan fingerprint density at radius 3 is 1.41 bits per heavy atom. The van der Waals surface area contributed by atoms with Crippen LogP contribution in [0.3, 0.4) is 0 Å². The Balaban J connectivity index is 3.39. The molecule has 0 bridgehead atoms. The van der Waals surface area contributed by atoms with Gasteiger partial charge in [0.25, 0.3) is 0 Å². The number of amides is 1. The van der Waals surface area contributed by atoms with Crippen LogP contribution < -0.4 is 0 Å². The summed E-state index contributed by atoms with van der Waals surface area (Å²) in [6.07, 6.45) is 20.9. The number of rotatable bonds is 20. The van der Waals surface area contributed by atoms with Crippen molar-refractivity contribution in [1.29, 1.82) is 0 Å². The molecule has 160 valence electrons. The third-order valence-electron chi connectivity index (χ3n) is 5.17. The van der Waals surface area contributed by atoms with Crippen LogP contribution >= 0.6 is 0 Å². The monoisotopic (exact) mass is 383 g/mol. The molecule has 1 N–H and O–H groups in total. The number of unbranched alkanes of at least 4 members (excludes halogenated alkanes) is 14. The van der Waals surface area contributed by atoms with Crippen LogP contribution in [0.1, 0.15) is 123 Å². The largest absolute Gasteiger partial charge is 0.480 e. The van der Waals surface area contributed by atoms with Gasteiger partial charge >= 0.3 is 5.97 Å². The second kappa shape index (κ2) is 19.7. The molecule has 0 heterocycles. The highest BCUT2D eigenvalue weighted by molar-refractivity contribution is 5.81. The van der Waals surface area contributed by atoms with Crippen molar-refractivity contribution in [2.24, 2.45) is 0 Å². The summed E-state index contributed by atoms with van der Waals surface area (Å²) in [7, 11) is 0. The zero-order valence-corrected chi connectivity index (χ0v) is 18.1. The third kappa shape index (κ3) is 18.1. The molecule has 0 saturated heterocycles. The Morgan fingerprint density at radius 1 is 0.630 bits per heavy atom. The fourth-order valence-electron chi connectivity index (χ4n) is 3.53. The first kappa shape index (κ1) is 25.9. The number of carboxylic acids is 1. The van der Waals surface area contributed by atoms with E-state index in [0.29, 0.717) is 13.0 Å². The van der Waals surface area contributed by atoms with Crippen molar-refractivity contribution in [1.82, 2.24) is 4.90 Å². The number of hydrogen-bond acceptors (Lipinski definition) is 2. The number of aliphatic carboxylic acids is 1. The molecule has 0 saturated carbocycles. The molecule has 0 aliphatic heterocycles. The van der Waals surface area contributed by atoms with Gasteiger partial charge in [0.2, 0.25) is 5.91 Å². The van der Waals surface area contributed by atoms with Gasteiger partial charge in [0.1, 0.15) is 6.54 Å². The van der Waals surface area contributed by atoms with Crippen molar-refractivity contribution in [2.75, 3.05) is 13.1 Å². The molecular weight excluding hydrogens is 338 g/mol. The first-order chi connectivity index (χ1) is 13.1. The second-order valence-corrected chi connectivity index (χ2v) is 7.91. The van der Waals surface area contributed by atoms with E-state index in [2.05, 4.69) is 6.92 Å². The standard InChI is InChI=1S/C23H45NO3/c1-3-5-6-7-8-9-10-11-12-13-14-15-16-17-18-19-22(25)24(20-4-2)21-23(26)27/h3-21H2,1-2H3,(H,26,27). The molecule has 0 aliphatic carbocycles. The molecule has 4 nitrogen and oxygen atoms in total. The van der Waals surface area contributed by atoms with Gasteiger partial charge in [-0.3, -0.25) is 9.59 Å². The highest BCUT2D eigenvalue weighted by Gasteiger charge is 2.14. The van der Waals surface area contributed by atoms with Crippen LogP contribution in [0.2, 0.25) is 0 Å². The van der Waals surface area contributed by atoms with Crippen molar-refractivity contribution >= 4 is 11.9 Å². The van der Waals surface area contributed by atoms with E-state index in [0.717, 1.165) is 19.3 Å². The van der Waals surface area contributed by atoms with Gasteiger partial charge in [-0.2, -0.15) is 0 Å². The minimum absolute atomic E-state index is 0.00561. The Bertz CT molecular complexity index is 358. The van der Waals surface area contributed by atoms with Crippen LogP contribution in [0.4, 0.5) is 0 Å². The summed E-state index contributed by atoms with van der Waals surface area (Å²) in [5, 5.41) is 8.87. The molecule has 0 unspecified atom stereocenters. The molecule has 0 aromatic rings. The molecular formula is C23H45NO3. The van der Waals surface area contributed by atoms with E-state index >= 15 is 0 Å². The van der Waals surface area contributed by atoms with E-state index in [-0.39, 0.29) is 12.5 Å². The van der Waals surface area contributed by atoms with Gasteiger partial charge in [0, 0.05) is 13.0 Å². The quantitative estimate of drug-likeness (QED) is 0.242. The van der Waals surface area contributed by atoms with Crippen LogP contribution in [0.15, 0.2) is 0 Å². The lowest BCUT2D eigenvalue weighted by Gasteiger charge is -2.19. The molecule has 1 amide bonds. The van der Waals surface area contributed by atoms with Gasteiger partial charge in [0.05, 0.1) is 0 Å². The lowest BCUT2D eigenvalue weighted by atomic mass is 10.0. The second-order valence-electron chi connectivity index (χ2n) is 7.91. The minimum Gasteiger partial charge on any atom is -0.480 e. The smallest absolute Gasteiger partial charge is 0.323 e. The molecule has 4 heteroatoms. The number of carbonyl (C=O) groups excluding carboxylic acids is 1. The van der Waals surface area contributed by atoms with Crippen molar-refractivity contribution in [3.8, 4) is 0 Å². The molecule has 0 aromatic carbocycles. The minimum atomic E-state index is -0.923. The fraction of sp³-hybridized carbons (Fsp3) is 0.913. The Labute approximate surface area is 168 Å². The molecule has 0 radical (unpaired) electrons. The normalized spacial score (nSPS) is 10.9. The highest BCUT2D eigenvalue weighted by Crippen LogP contribution is 2.14. The molecule has 0 aromatic heterocycles. The zero-order chi connectivity index (χ0) is 20.2. The van der Waals surface area contributed by atoms with Gasteiger partial charge < -0.3 is 10.0 Å². The Morgan fingerprint density at radius 2 is 1.04 bits per heavy atom. The molecule has 0 atom stereocenters. The zero-order valence-electron chi connectivity index (χ0n) is 18.1. The maximum absolute atomic E-state index is 12.1. The average Bonchev–Trinajstić information content (AvgIpc) is 2.64. The van der Waals surface area contributed by atoms with Crippen molar-refractivity contribution in [3.63, 3.8) is 0 Å². The lowest BCUT2D eigenvalue weighted by molar-refractivity contribution is -0.144. The van der Waals surface area contributed by atoms with E-state index in [1.165, 1.54) is 88.4 Å². The molecule has 0 rings (SSSR count). The van der Waals surface area contributed by atoms with Gasteiger partial charge in [-0.25, -0.2) is 0 Å². The summed E-state index contributed by atoms with van der Waals surface area (Å²) < 4.78 is 0. The third-order valence-corrected chi connectivity index (χ3v) is 5.17. The molecule has 0 spiro atoms. The number of carboxylic acid groups (broad SMARTS) is 1. The summed E-state index contributed by atoms with van der Waals surface area (Å²) in [6, 6.07) is 0. The van der Waals surface area contributed by atoms with Gasteiger partial charge in [-0.1, -0.05) is 104 Å². The molecule has 27 heavy (non-hydrogen) atoms. The fourth-order valence-corrected chi connectivity index (χ4v) is 3.53. The van der Waals surface area contributed by atoms with Crippen LogP contribution in [-0.4, -0.2) is 35.0 Å². The predicted octanol–water partition coefficient (Wildman–Crippen LogP) is 6.57. The van der Waals surface area contributed by atoms with Crippen molar-refractivity contribution in [2.45, 2.75) is 123 Å². The number of nitrogens with zero attached hydrogens (tertiary/aromatic N) is 1. The molecule has 0 aliphatic rings. The number of hydrogen-bond donors (Lipinski definition) is 1. The van der Waals surface area contributed by atoms with E-state index < -0.39 is 5.97 Å². The van der Waals surface area contributed by atoms with Gasteiger partial charge in [-0.05, 0) is 12.8 Å². The highest BCUT2D eigenvalue weighted by atomic mass is 16.4. The number of carbonyl (C=O) groups is 2. The summed E-state index contributed by atoms with van der Waals surface area (Å²) in [5.41, 5.74) is 0. The van der Waals surface area contributed by atoms with E-state index in [1.54, 1.807) is 0 Å². The molecule has 0 fully saturated rings. The maximum Gasteiger partial charge on any atom is 0.323 e. The summed E-state index contributed by atoms with van der Waals surface area (Å²) in [4.78, 5) is 24.4. The van der Waals surface area contributed by atoms with E-state index in [1.807, 2.05) is 6.92 Å². The first-order valence-corrected chi connectivity index (χ1v) is 11.6. The van der Waals surface area contributed by atoms with Crippen LogP contribution in [0.5, 0.6) is 0 Å². The van der Waals surface area contributed by atoms with Gasteiger partial charge in [0.15, 0.2) is 0 Å². The average molecular weight is 384 g/mol. The van der Waals surface area contributed by atoms with Gasteiger partial charge in [-0.15, -0.1) is 0 Å². The van der Waals surface area contributed by atoms with Crippen LogP contribution in [-0.2, 0) is 9.59 Å². The first-order valence-electron chi connectivity index (χ1n) is 11.6. The Kier molecular flexibility index (Phi) is 18.9. The summed E-state index contributed by atoms with van der Waals surface area (Å²) in [6.45, 7) is 4.62. The van der Waals surface area contributed by atoms with E-state index in [9.17, 15) is 9.59 Å². The van der Waals surface area contributed by atoms with Crippen molar-refractivity contribution < 1.29 is 14.7 Å². The van der Waals surface area contributed by atoms with Crippen LogP contribution in [0.25, 0.3) is 0 Å². The Hall–Kier alpha value is -1.06. The topological polar surface area (TPSA) is 57.6 Å². The maximum atomic E-state index is 12.1. The SMILES string of the molecule is CCCCCCCCCCCCCCCCCC(=O)N(CCC)CC(=O)O. The predicted molar refractivity (Wildman–Crippen MR) is 114 cm³/mol. The summed E-state index contributed by atoms with van der Waals surface area (Å²) in [5.74, 6) is -0.928.